The van der Waals surface area contributed by atoms with E-state index in [0.717, 1.165) is 21.7 Å². The number of carbonyl (C=O) groups is 5. The van der Waals surface area contributed by atoms with Crippen LogP contribution in [-0.2, 0) is 39.9 Å². The number of aliphatic hydroxyl groups excluding tert-OH is 1. The highest BCUT2D eigenvalue weighted by Gasteiger charge is 2.50. The molecule has 0 radical (unpaired) electrons. The summed E-state index contributed by atoms with van der Waals surface area (Å²) >= 11 is 14.0. The van der Waals surface area contributed by atoms with Crippen LogP contribution in [0.2, 0.25) is 10.0 Å². The summed E-state index contributed by atoms with van der Waals surface area (Å²) in [4.78, 5) is 74.9. The number of amides is 5. The molecule has 2 aliphatic heterocycles. The molecule has 0 unspecified atom stereocenters. The van der Waals surface area contributed by atoms with Crippen LogP contribution in [0.15, 0.2) is 84.4 Å². The van der Waals surface area contributed by atoms with Gasteiger partial charge >= 0.3 is 0 Å². The number of rotatable bonds is 24. The van der Waals surface area contributed by atoms with E-state index in [1.165, 1.54) is 42.3 Å². The number of aryl methyl sites for hydroxylation is 1. The normalized spacial score (nSPS) is 19.4. The molecule has 5 aromatic rings. The van der Waals surface area contributed by atoms with Crippen molar-refractivity contribution >= 4 is 69.8 Å². The van der Waals surface area contributed by atoms with E-state index >= 15 is 8.78 Å². The molecule has 6 N–H and O–H groups in total. The average Bonchev–Trinajstić information content (AvgIpc) is 4.32. The van der Waals surface area contributed by atoms with Gasteiger partial charge in [-0.3, -0.25) is 24.0 Å². The first-order valence-corrected chi connectivity index (χ1v) is 28.8. The number of nitrogens with zero attached hydrogens (tertiary/aromatic N) is 2. The van der Waals surface area contributed by atoms with Crippen LogP contribution in [0.25, 0.3) is 10.4 Å². The highest BCUT2D eigenvalue weighted by Crippen LogP contribution is 2.49. The summed E-state index contributed by atoms with van der Waals surface area (Å²) in [7, 11) is 1.39. The molecule has 5 amide bonds. The number of ether oxygens (including phenoxy) is 4. The Labute approximate surface area is 491 Å². The Balaban J connectivity index is 0.821. The molecule has 1 aromatic heterocycles. The number of thiazole rings is 1. The Hall–Kier alpha value is -6.10. The fourth-order valence-electron chi connectivity index (χ4n) is 10.4. The fraction of sp³-hybridized carbons (Fsp3) is 0.467. The number of nitrogens with one attached hydrogen (secondary N) is 5. The summed E-state index contributed by atoms with van der Waals surface area (Å²) < 4.78 is 54.1. The second kappa shape index (κ2) is 28.5. The van der Waals surface area contributed by atoms with Gasteiger partial charge in [-0.1, -0.05) is 107 Å². The molecule has 3 heterocycles. The van der Waals surface area contributed by atoms with E-state index in [4.69, 9.17) is 42.1 Å². The number of likely N-dealkylation sites (tertiary alicyclic amines) is 1. The van der Waals surface area contributed by atoms with Crippen LogP contribution in [0.5, 0.6) is 5.75 Å². The molecule has 2 saturated heterocycles. The molecule has 7 atom stereocenters. The molecule has 0 saturated carbocycles. The third-order valence-electron chi connectivity index (χ3n) is 14.3. The maximum atomic E-state index is 16.0. The summed E-state index contributed by atoms with van der Waals surface area (Å²) in [5, 5.41) is 25.4. The van der Waals surface area contributed by atoms with E-state index in [1.54, 1.807) is 61.9 Å². The lowest BCUT2D eigenvalue weighted by Gasteiger charge is -2.35. The Morgan fingerprint density at radius 2 is 1.56 bits per heavy atom. The summed E-state index contributed by atoms with van der Waals surface area (Å²) in [5.74, 6) is -5.10. The SMILES string of the molecule is COc1cc(C(=O)NCCOCCOCCOCC(=O)N[C@H](C(=O)N2C[C@H](O)C[C@H]2C(=O)NCc2ccc(-c3scnc3C)cc2)C(C)(C)C)ccc1NC(=O)[C@@H]1N[C@@H](CC(C)(C)C)[C@H](c2ccc(Cl)cc2F)[C@H]1c1cccc(Cl)c1F. The van der Waals surface area contributed by atoms with Gasteiger partial charge in [-0.2, -0.15) is 0 Å². The second-order valence-electron chi connectivity index (χ2n) is 22.8. The van der Waals surface area contributed by atoms with Crippen molar-refractivity contribution in [1.29, 1.82) is 0 Å². The van der Waals surface area contributed by atoms with Gasteiger partial charge in [0.05, 0.1) is 79.1 Å². The second-order valence-corrected chi connectivity index (χ2v) is 24.5. The molecule has 17 nitrogen and oxygen atoms in total. The molecule has 7 rings (SSSR count). The smallest absolute Gasteiger partial charge is 0.251 e. The molecule has 2 fully saturated rings. The van der Waals surface area contributed by atoms with E-state index < -0.39 is 88.7 Å². The van der Waals surface area contributed by atoms with E-state index in [-0.39, 0.29) is 109 Å². The zero-order valence-electron chi connectivity index (χ0n) is 47.3. The number of anilines is 1. The molecule has 0 bridgehead atoms. The van der Waals surface area contributed by atoms with Crippen molar-refractivity contribution in [2.75, 3.05) is 65.2 Å². The minimum atomic E-state index is -1.06. The third-order valence-corrected chi connectivity index (χ3v) is 15.8. The number of halogens is 4. The predicted molar refractivity (Wildman–Crippen MR) is 311 cm³/mol. The van der Waals surface area contributed by atoms with Gasteiger partial charge in [0.1, 0.15) is 36.1 Å². The first-order valence-electron chi connectivity index (χ1n) is 27.1. The Morgan fingerprint density at radius 3 is 2.22 bits per heavy atom. The lowest BCUT2D eigenvalue weighted by atomic mass is 9.74. The Morgan fingerprint density at radius 1 is 0.854 bits per heavy atom. The zero-order chi connectivity index (χ0) is 59.5. The van der Waals surface area contributed by atoms with Crippen LogP contribution in [-0.4, -0.2) is 135 Å². The average molecular weight is 1190 g/mol. The van der Waals surface area contributed by atoms with E-state index in [0.29, 0.717) is 6.42 Å². The molecular formula is C60H73Cl2F2N7O10S. The number of aromatic nitrogens is 1. The largest absolute Gasteiger partial charge is 0.495 e. The minimum absolute atomic E-state index is 0.0534. The van der Waals surface area contributed by atoms with Gasteiger partial charge < -0.3 is 55.5 Å². The topological polar surface area (TPSA) is 219 Å². The lowest BCUT2D eigenvalue weighted by molar-refractivity contribution is -0.144. The molecule has 4 aromatic carbocycles. The summed E-state index contributed by atoms with van der Waals surface area (Å²) in [6.45, 7) is 14.2. The van der Waals surface area contributed by atoms with Gasteiger partial charge in [-0.25, -0.2) is 13.8 Å². The first-order chi connectivity index (χ1) is 38.9. The zero-order valence-corrected chi connectivity index (χ0v) is 49.7. The first kappa shape index (κ1) is 63.5. The number of aliphatic hydroxyl groups is 1. The Bertz CT molecular complexity index is 3050. The maximum Gasteiger partial charge on any atom is 0.251 e. The van der Waals surface area contributed by atoms with Gasteiger partial charge in [0.2, 0.25) is 23.6 Å². The highest BCUT2D eigenvalue weighted by molar-refractivity contribution is 7.13. The van der Waals surface area contributed by atoms with E-state index in [9.17, 15) is 29.1 Å². The molecule has 2 aliphatic rings. The van der Waals surface area contributed by atoms with Gasteiger partial charge in [0, 0.05) is 54.5 Å². The molecule has 442 valence electrons. The van der Waals surface area contributed by atoms with E-state index in [2.05, 4.69) is 31.6 Å². The number of hydrogen-bond acceptors (Lipinski definition) is 13. The molecule has 22 heteroatoms. The highest BCUT2D eigenvalue weighted by atomic mass is 35.5. The van der Waals surface area contributed by atoms with Crippen molar-refractivity contribution in [3.8, 4) is 16.2 Å². The summed E-state index contributed by atoms with van der Waals surface area (Å²) in [5.41, 5.74) is 4.54. The van der Waals surface area contributed by atoms with Crippen LogP contribution >= 0.6 is 34.5 Å². The van der Waals surface area contributed by atoms with Gasteiger partial charge in [-0.05, 0) is 82.8 Å². The van der Waals surface area contributed by atoms with Crippen molar-refractivity contribution in [2.24, 2.45) is 10.8 Å². The maximum absolute atomic E-state index is 16.0. The van der Waals surface area contributed by atoms with Crippen molar-refractivity contribution in [1.82, 2.24) is 31.2 Å². The standard InChI is InChI=1S/C60H73Cl2F2N7O10S/c1-34-53(82-33-67-34)36-14-12-35(13-15-36)30-66-56(75)46-28-39(72)31-71(46)58(77)54(60(5,6)7)70-48(73)32-81-25-24-80-23-22-79-21-20-65-55(74)37-16-19-44(47(26-37)78-8)69-57(76)52-50(41-10-9-11-42(62)51(41)64)49(45(68-52)29-59(2,3)4)40-18-17-38(61)27-43(40)63/h9-19,26-27,33,39,45-46,49-50,52,54,68,72H,20-25,28-32H2,1-8H3,(H,65,74)(H,66,75)(H,69,76)(H,70,73)/t39-,45+,46+,49+,50-,52-,54-/m1/s1. The predicted octanol–water partition coefficient (Wildman–Crippen LogP) is 8.58. The van der Waals surface area contributed by atoms with Crippen molar-refractivity contribution in [3.63, 3.8) is 0 Å². The van der Waals surface area contributed by atoms with Gasteiger partial charge in [0.25, 0.3) is 5.91 Å². The number of carbonyl (C=O) groups excluding carboxylic acids is 5. The number of β-amino-alcohol motifs (C(OH)–C–C–N with tert-alkyl or cyclic N) is 1. The van der Waals surface area contributed by atoms with Crippen LogP contribution in [0.1, 0.15) is 99.0 Å². The fourth-order valence-corrected chi connectivity index (χ4v) is 11.5. The number of benzene rings is 4. The van der Waals surface area contributed by atoms with Crippen molar-refractivity contribution in [3.05, 3.63) is 134 Å². The number of hydrogen-bond donors (Lipinski definition) is 6. The molecular weight excluding hydrogens is 1120 g/mol. The lowest BCUT2D eigenvalue weighted by Crippen LogP contribution is -2.58. The number of methoxy groups -OCH3 is 1. The minimum Gasteiger partial charge on any atom is -0.495 e. The Kier molecular flexibility index (Phi) is 22.0. The van der Waals surface area contributed by atoms with Crippen LogP contribution < -0.4 is 31.3 Å². The van der Waals surface area contributed by atoms with Crippen LogP contribution in [0.4, 0.5) is 14.5 Å². The van der Waals surface area contributed by atoms with Crippen LogP contribution in [0, 0.1) is 29.4 Å². The quantitative estimate of drug-likeness (QED) is 0.0320. The molecule has 0 aliphatic carbocycles. The summed E-state index contributed by atoms with van der Waals surface area (Å²) in [6.07, 6.45) is -0.338. The van der Waals surface area contributed by atoms with Gasteiger partial charge in [0.15, 0.2) is 0 Å². The van der Waals surface area contributed by atoms with Crippen molar-refractivity contribution in [2.45, 2.75) is 110 Å². The summed E-state index contributed by atoms with van der Waals surface area (Å²) in [6, 6.07) is 17.8. The van der Waals surface area contributed by atoms with Crippen LogP contribution in [0.3, 0.4) is 0 Å². The third kappa shape index (κ3) is 16.6. The molecule has 82 heavy (non-hydrogen) atoms. The monoisotopic (exact) mass is 1190 g/mol. The van der Waals surface area contributed by atoms with Gasteiger partial charge in [-0.15, -0.1) is 11.3 Å². The van der Waals surface area contributed by atoms with Crippen molar-refractivity contribution < 1.29 is 56.8 Å². The van der Waals surface area contributed by atoms with E-state index in [1.807, 2.05) is 52.0 Å². The molecule has 0 spiro atoms.